The third-order valence-electron chi connectivity index (χ3n) is 6.20. The van der Waals surface area contributed by atoms with Crippen LogP contribution in [0.2, 0.25) is 0 Å². The Hall–Kier alpha value is -1.05. The molecule has 138 valence electrons. The minimum Gasteiger partial charge on any atom is -0.493 e. The highest BCUT2D eigenvalue weighted by Crippen LogP contribution is 2.63. The lowest BCUT2D eigenvalue weighted by Gasteiger charge is -2.43. The predicted molar refractivity (Wildman–Crippen MR) is 93.1 cm³/mol. The SMILES string of the molecule is COC(=O)C1CCC2OC3=C4C(C[C@@H](O)C3)CN(OC)C=C(Br)C42C1. The summed E-state index contributed by atoms with van der Waals surface area (Å²) >= 11 is 3.79. The van der Waals surface area contributed by atoms with Crippen LogP contribution in [0.15, 0.2) is 22.0 Å². The molecule has 2 aliphatic carbocycles. The van der Waals surface area contributed by atoms with E-state index in [0.29, 0.717) is 25.8 Å². The summed E-state index contributed by atoms with van der Waals surface area (Å²) in [6, 6.07) is 0. The molecule has 4 aliphatic rings. The molecule has 4 unspecified atom stereocenters. The Balaban J connectivity index is 1.82. The first-order valence-electron chi connectivity index (χ1n) is 8.84. The van der Waals surface area contributed by atoms with Gasteiger partial charge in [0.1, 0.15) is 6.10 Å². The van der Waals surface area contributed by atoms with Gasteiger partial charge in [-0.25, -0.2) is 0 Å². The second kappa shape index (κ2) is 6.28. The molecule has 0 bridgehead atoms. The van der Waals surface area contributed by atoms with Gasteiger partial charge in [0.05, 0.1) is 44.0 Å². The van der Waals surface area contributed by atoms with E-state index in [9.17, 15) is 9.90 Å². The fourth-order valence-corrected chi connectivity index (χ4v) is 6.05. The summed E-state index contributed by atoms with van der Waals surface area (Å²) in [5, 5.41) is 12.1. The molecule has 1 N–H and O–H groups in total. The molecule has 4 rings (SSSR count). The Morgan fingerprint density at radius 1 is 1.44 bits per heavy atom. The zero-order valence-electron chi connectivity index (χ0n) is 14.5. The van der Waals surface area contributed by atoms with E-state index in [-0.39, 0.29) is 29.3 Å². The molecule has 1 fully saturated rings. The van der Waals surface area contributed by atoms with Crippen LogP contribution < -0.4 is 0 Å². The highest BCUT2D eigenvalue weighted by atomic mass is 79.9. The van der Waals surface area contributed by atoms with Crippen LogP contribution in [0.5, 0.6) is 0 Å². The summed E-state index contributed by atoms with van der Waals surface area (Å²) < 4.78 is 12.4. The van der Waals surface area contributed by atoms with Gasteiger partial charge in [0.25, 0.3) is 0 Å². The average Bonchev–Trinajstić information content (AvgIpc) is 2.88. The van der Waals surface area contributed by atoms with Crippen molar-refractivity contribution in [3.05, 3.63) is 22.0 Å². The molecule has 0 radical (unpaired) electrons. The maximum Gasteiger partial charge on any atom is 0.308 e. The third-order valence-corrected chi connectivity index (χ3v) is 7.11. The highest BCUT2D eigenvalue weighted by molar-refractivity contribution is 9.11. The van der Waals surface area contributed by atoms with Crippen molar-refractivity contribution in [2.24, 2.45) is 17.3 Å². The standard InChI is InChI=1S/C18H24BrNO5/c1-23-17(22)10-3-4-15-18(7-10)14(19)9-20(24-2)8-11-5-12(21)6-13(25-15)16(11)18/h9-12,15,21H,3-8H2,1-2H3/t10?,11?,12-,15?,18?/m1/s1. The summed E-state index contributed by atoms with van der Waals surface area (Å²) in [5.74, 6) is 0.774. The van der Waals surface area contributed by atoms with Crippen molar-refractivity contribution < 1.29 is 24.2 Å². The second-order valence-corrected chi connectivity index (χ2v) is 8.32. The zero-order chi connectivity index (χ0) is 17.8. The van der Waals surface area contributed by atoms with Gasteiger partial charge in [0.15, 0.2) is 0 Å². The van der Waals surface area contributed by atoms with Gasteiger partial charge in [-0.1, -0.05) is 15.9 Å². The lowest BCUT2D eigenvalue weighted by Crippen LogP contribution is -2.44. The molecule has 2 aliphatic heterocycles. The van der Waals surface area contributed by atoms with Gasteiger partial charge in [-0.05, 0) is 31.3 Å². The molecule has 0 saturated heterocycles. The number of ether oxygens (including phenoxy) is 2. The van der Waals surface area contributed by atoms with Crippen LogP contribution in [-0.2, 0) is 19.1 Å². The van der Waals surface area contributed by atoms with Crippen LogP contribution in [0.4, 0.5) is 0 Å². The number of nitrogens with zero attached hydrogens (tertiary/aromatic N) is 1. The summed E-state index contributed by atoms with van der Waals surface area (Å²) in [6.45, 7) is 0.669. The molecule has 7 heteroatoms. The Morgan fingerprint density at radius 2 is 2.24 bits per heavy atom. The van der Waals surface area contributed by atoms with Gasteiger partial charge in [-0.2, -0.15) is 0 Å². The molecule has 6 nitrogen and oxygen atoms in total. The number of methoxy groups -OCH3 is 1. The lowest BCUT2D eigenvalue weighted by atomic mass is 9.60. The van der Waals surface area contributed by atoms with Crippen molar-refractivity contribution >= 4 is 21.9 Å². The molecule has 5 atom stereocenters. The van der Waals surface area contributed by atoms with Gasteiger partial charge in [-0.15, -0.1) is 0 Å². The summed E-state index contributed by atoms with van der Waals surface area (Å²) in [4.78, 5) is 17.7. The van der Waals surface area contributed by atoms with Crippen molar-refractivity contribution in [1.82, 2.24) is 5.06 Å². The molecule has 0 aromatic heterocycles. The quantitative estimate of drug-likeness (QED) is 0.701. The number of carbonyl (C=O) groups excluding carboxylic acids is 1. The Bertz CT molecular complexity index is 647. The number of aliphatic hydroxyl groups excluding tert-OH is 1. The normalized spacial score (nSPS) is 39.8. The molecule has 1 saturated carbocycles. The monoisotopic (exact) mass is 413 g/mol. The number of hydrogen-bond donors (Lipinski definition) is 1. The Kier molecular flexibility index (Phi) is 4.37. The number of halogens is 1. The van der Waals surface area contributed by atoms with E-state index < -0.39 is 6.10 Å². The van der Waals surface area contributed by atoms with E-state index in [2.05, 4.69) is 15.9 Å². The number of hydroxylamine groups is 2. The maximum atomic E-state index is 12.2. The highest BCUT2D eigenvalue weighted by Gasteiger charge is 2.60. The molecule has 0 amide bonds. The minimum absolute atomic E-state index is 0.00589. The molecule has 0 aromatic carbocycles. The number of esters is 1. The van der Waals surface area contributed by atoms with E-state index in [1.807, 2.05) is 11.3 Å². The largest absolute Gasteiger partial charge is 0.493 e. The Labute approximate surface area is 155 Å². The van der Waals surface area contributed by atoms with E-state index in [1.165, 1.54) is 12.7 Å². The molecule has 1 spiro atoms. The van der Waals surface area contributed by atoms with Crippen LogP contribution in [0.1, 0.15) is 32.1 Å². The lowest BCUT2D eigenvalue weighted by molar-refractivity contribution is -0.148. The van der Waals surface area contributed by atoms with Crippen LogP contribution in [-0.4, -0.2) is 49.1 Å². The molecular weight excluding hydrogens is 390 g/mol. The van der Waals surface area contributed by atoms with Crippen molar-refractivity contribution in [1.29, 1.82) is 0 Å². The molecule has 2 heterocycles. The first-order valence-corrected chi connectivity index (χ1v) is 9.63. The van der Waals surface area contributed by atoms with E-state index >= 15 is 0 Å². The fourth-order valence-electron chi connectivity index (χ4n) is 5.19. The number of hydrogen-bond acceptors (Lipinski definition) is 6. The van der Waals surface area contributed by atoms with Crippen LogP contribution in [0, 0.1) is 17.3 Å². The predicted octanol–water partition coefficient (Wildman–Crippen LogP) is 2.48. The van der Waals surface area contributed by atoms with Crippen molar-refractivity contribution in [2.75, 3.05) is 20.8 Å². The number of aliphatic hydroxyl groups is 1. The topological polar surface area (TPSA) is 68.2 Å². The third kappa shape index (κ3) is 2.54. The van der Waals surface area contributed by atoms with Gasteiger partial charge < -0.3 is 14.6 Å². The number of carbonyl (C=O) groups is 1. The fraction of sp³-hybridized carbons (Fsp3) is 0.722. The second-order valence-electron chi connectivity index (χ2n) is 7.47. The van der Waals surface area contributed by atoms with E-state index in [0.717, 1.165) is 23.1 Å². The van der Waals surface area contributed by atoms with Gasteiger partial charge in [0, 0.05) is 23.0 Å². The molecule has 25 heavy (non-hydrogen) atoms. The summed E-state index contributed by atoms with van der Waals surface area (Å²) in [6.07, 6.45) is 5.04. The van der Waals surface area contributed by atoms with Gasteiger partial charge in [-0.3, -0.25) is 14.7 Å². The van der Waals surface area contributed by atoms with Crippen molar-refractivity contribution in [2.45, 2.75) is 44.3 Å². The maximum absolute atomic E-state index is 12.2. The average molecular weight is 414 g/mol. The van der Waals surface area contributed by atoms with Crippen LogP contribution >= 0.6 is 15.9 Å². The number of rotatable bonds is 2. The first kappa shape index (κ1) is 17.4. The van der Waals surface area contributed by atoms with E-state index in [1.54, 1.807) is 7.11 Å². The zero-order valence-corrected chi connectivity index (χ0v) is 16.1. The minimum atomic E-state index is -0.395. The van der Waals surface area contributed by atoms with E-state index in [4.69, 9.17) is 14.3 Å². The van der Waals surface area contributed by atoms with Gasteiger partial charge in [0.2, 0.25) is 0 Å². The van der Waals surface area contributed by atoms with Crippen LogP contribution in [0.25, 0.3) is 0 Å². The summed E-state index contributed by atoms with van der Waals surface area (Å²) in [5.41, 5.74) is 0.893. The smallest absolute Gasteiger partial charge is 0.308 e. The Morgan fingerprint density at radius 3 is 2.96 bits per heavy atom. The van der Waals surface area contributed by atoms with Gasteiger partial charge >= 0.3 is 5.97 Å². The van der Waals surface area contributed by atoms with Crippen LogP contribution in [0.3, 0.4) is 0 Å². The van der Waals surface area contributed by atoms with Crippen molar-refractivity contribution in [3.8, 4) is 0 Å². The molecule has 0 aromatic rings. The van der Waals surface area contributed by atoms with Crippen molar-refractivity contribution in [3.63, 3.8) is 0 Å². The molecular formula is C18H24BrNO5. The first-order chi connectivity index (χ1) is 12.0. The summed E-state index contributed by atoms with van der Waals surface area (Å²) in [7, 11) is 3.10.